The fourth-order valence-electron chi connectivity index (χ4n) is 0.322. The molecule has 9 heavy (non-hydrogen) atoms. The topological polar surface area (TPSA) is 30.0 Å². The average molecular weight is 210 g/mol. The third kappa shape index (κ3) is 1.59. The van der Waals surface area contributed by atoms with Crippen molar-refractivity contribution in [3.8, 4) is 0 Å². The lowest BCUT2D eigenvalue weighted by atomic mass is 10.5. The van der Waals surface area contributed by atoms with Crippen LogP contribution in [0.15, 0.2) is 9.96 Å². The number of ketones is 1. The zero-order valence-electron chi connectivity index (χ0n) is 8.14. The highest BCUT2D eigenvalue weighted by Gasteiger charge is 2.02. The predicted octanol–water partition coefficient (Wildman–Crippen LogP) is 2.11. The maximum atomic E-state index is 11.1. The molecule has 0 bridgehead atoms. The molecule has 2 nitrogen and oxygen atoms in total. The number of carbonyl (C=O) groups excluding carboxylic acids is 1. The van der Waals surface area contributed by atoms with Crippen molar-refractivity contribution in [3.63, 3.8) is 0 Å². The summed E-state index contributed by atoms with van der Waals surface area (Å²) in [6, 6.07) is 0. The zero-order chi connectivity index (χ0) is 10.2. The molecule has 0 saturated carbocycles. The van der Waals surface area contributed by atoms with Gasteiger partial charge < -0.3 is 0 Å². The minimum Gasteiger partial charge on any atom is -0.292 e. The van der Waals surface area contributed by atoms with Crippen molar-refractivity contribution >= 4 is 33.0 Å². The Morgan fingerprint density at radius 1 is 2.22 bits per heavy atom. The molecule has 4 heteroatoms. The second kappa shape index (κ2) is 2.58. The Morgan fingerprint density at radius 2 is 3.00 bits per heavy atom. The van der Waals surface area contributed by atoms with Crippen LogP contribution in [0.5, 0.6) is 0 Å². The number of rotatable bonds is 1. The molecule has 0 atom stereocenters. The summed E-state index contributed by atoms with van der Waals surface area (Å²) in [7, 11) is 0. The van der Waals surface area contributed by atoms with E-state index >= 15 is 0 Å². The molecule has 1 aromatic rings. The van der Waals surface area contributed by atoms with Gasteiger partial charge in [0.25, 0.3) is 0 Å². The number of hydrogen-bond donors (Lipinski definition) is 0. The van der Waals surface area contributed by atoms with E-state index in [-0.39, 0.29) is 11.2 Å². The highest BCUT2D eigenvalue weighted by Crippen LogP contribution is 2.18. The Bertz CT molecular complexity index is 327. The Labute approximate surface area is 70.7 Å². The maximum Gasteiger partial charge on any atom is 0.188 e. The number of nitrogens with zero attached hydrogens (tertiary/aromatic N) is 1. The van der Waals surface area contributed by atoms with Crippen LogP contribution >= 0.6 is 27.3 Å². The lowest BCUT2D eigenvalue weighted by Crippen LogP contribution is -1.87. The van der Waals surface area contributed by atoms with Gasteiger partial charge in [-0.25, -0.2) is 4.98 Å². The molecule has 0 aromatic carbocycles. The van der Waals surface area contributed by atoms with E-state index < -0.39 is 12.6 Å². The van der Waals surface area contributed by atoms with Crippen LogP contribution in [0.4, 0.5) is 0 Å². The Kier molecular flexibility index (Phi) is 0.932. The molecule has 0 aliphatic rings. The number of halogens is 1. The van der Waals surface area contributed by atoms with Gasteiger partial charge in [0.2, 0.25) is 0 Å². The largest absolute Gasteiger partial charge is 0.292 e. The Balaban J connectivity index is 3.03. The van der Waals surface area contributed by atoms with Gasteiger partial charge in [0, 0.05) is 11.0 Å². The minimum atomic E-state index is -2.68. The van der Waals surface area contributed by atoms with Crippen LogP contribution in [-0.4, -0.2) is 10.8 Å². The van der Waals surface area contributed by atoms with Crippen LogP contribution in [-0.2, 0) is 0 Å². The average Bonchev–Trinajstić information content (AvgIpc) is 2.29. The predicted molar refractivity (Wildman–Crippen MR) is 39.8 cm³/mol. The first-order valence-electron chi connectivity index (χ1n) is 4.00. The van der Waals surface area contributed by atoms with Crippen LogP contribution in [0.25, 0.3) is 0 Å². The van der Waals surface area contributed by atoms with Crippen molar-refractivity contribution < 1.29 is 10.3 Å². The van der Waals surface area contributed by atoms with Gasteiger partial charge in [-0.05, 0) is 15.9 Å². The van der Waals surface area contributed by atoms with Gasteiger partial charge in [-0.2, -0.15) is 0 Å². The lowest BCUT2D eigenvalue weighted by molar-refractivity contribution is 0.101. The molecule has 48 valence electrons. The summed E-state index contributed by atoms with van der Waals surface area (Å²) in [6.07, 6.45) is -0.113. The number of thiazole rings is 1. The fourth-order valence-corrected chi connectivity index (χ4v) is 1.32. The summed E-state index contributed by atoms with van der Waals surface area (Å²) in [5.74, 6) is -1.02. The molecule has 0 saturated heterocycles. The molecule has 0 fully saturated rings. The molecule has 1 rings (SSSR count). The van der Waals surface area contributed by atoms with E-state index in [0.29, 0.717) is 3.79 Å². The van der Waals surface area contributed by atoms with E-state index in [1.165, 1.54) is 0 Å². The summed E-state index contributed by atoms with van der Waals surface area (Å²) in [6.45, 7) is -2.68. The van der Waals surface area contributed by atoms with E-state index in [0.717, 1.165) is 11.3 Å². The van der Waals surface area contributed by atoms with Gasteiger partial charge in [-0.3, -0.25) is 4.79 Å². The van der Waals surface area contributed by atoms with Crippen LogP contribution in [0.1, 0.15) is 22.1 Å². The standard InChI is InChI=1S/C5H4BrNOS/c1-3(8)5-7-2-4(6)9-5/h2H,1H3/i1D3,2D. The normalized spacial score (nSPS) is 17.4. The number of carbonyl (C=O) groups is 1. The third-order valence-corrected chi connectivity index (χ3v) is 2.03. The van der Waals surface area contributed by atoms with Crippen molar-refractivity contribution in [3.05, 3.63) is 15.0 Å². The number of aromatic nitrogens is 1. The van der Waals surface area contributed by atoms with E-state index in [1.54, 1.807) is 0 Å². The van der Waals surface area contributed by atoms with Crippen molar-refractivity contribution in [2.75, 3.05) is 0 Å². The monoisotopic (exact) mass is 209 g/mol. The number of Topliss-reactive ketones (excluding diaryl/α,β-unsaturated/α-hetero) is 1. The number of hydrogen-bond acceptors (Lipinski definition) is 3. The van der Waals surface area contributed by atoms with E-state index in [9.17, 15) is 4.79 Å². The van der Waals surface area contributed by atoms with Gasteiger partial charge in [0.1, 0.15) is 0 Å². The highest BCUT2D eigenvalue weighted by atomic mass is 79.9. The summed E-state index contributed by atoms with van der Waals surface area (Å²) < 4.78 is 28.0. The SMILES string of the molecule is [2H]c1nc(C(=O)C([2H])([2H])[2H])sc1Br. The second-order valence-electron chi connectivity index (χ2n) is 1.23. The van der Waals surface area contributed by atoms with Crippen LogP contribution in [0.2, 0.25) is 0 Å². The van der Waals surface area contributed by atoms with Crippen LogP contribution in [0.3, 0.4) is 0 Å². The first-order chi connectivity index (χ1) is 5.82. The molecule has 0 radical (unpaired) electrons. The van der Waals surface area contributed by atoms with Gasteiger partial charge >= 0.3 is 0 Å². The molecule has 0 aliphatic carbocycles. The van der Waals surface area contributed by atoms with E-state index in [4.69, 9.17) is 5.48 Å². The Hall–Kier alpha value is -0.220. The van der Waals surface area contributed by atoms with Crippen LogP contribution in [0, 0.1) is 0 Å². The molecule has 0 spiro atoms. The summed E-state index contributed by atoms with van der Waals surface area (Å²) >= 11 is 3.84. The minimum absolute atomic E-state index is 0.113. The van der Waals surface area contributed by atoms with E-state index in [2.05, 4.69) is 20.9 Å². The van der Waals surface area contributed by atoms with Gasteiger partial charge in [0.05, 0.1) is 11.3 Å². The fraction of sp³-hybridized carbons (Fsp3) is 0.200. The molecular formula is C5H4BrNOS. The van der Waals surface area contributed by atoms with E-state index in [1.807, 2.05) is 0 Å². The molecule has 0 amide bonds. The zero-order valence-corrected chi connectivity index (χ0v) is 6.54. The molecule has 0 aliphatic heterocycles. The van der Waals surface area contributed by atoms with Crippen molar-refractivity contribution in [1.82, 2.24) is 4.98 Å². The van der Waals surface area contributed by atoms with Gasteiger partial charge in [-0.1, -0.05) is 0 Å². The summed E-state index contributed by atoms with van der Waals surface area (Å²) in [4.78, 5) is 14.6. The van der Waals surface area contributed by atoms with Crippen molar-refractivity contribution in [2.24, 2.45) is 0 Å². The summed E-state index contributed by atoms with van der Waals surface area (Å²) in [5.41, 5.74) is 0. The van der Waals surface area contributed by atoms with Gasteiger partial charge in [-0.15, -0.1) is 11.3 Å². The Morgan fingerprint density at radius 3 is 3.44 bits per heavy atom. The lowest BCUT2D eigenvalue weighted by Gasteiger charge is -1.78. The summed E-state index contributed by atoms with van der Waals surface area (Å²) in [5, 5.41) is -0.156. The first-order valence-corrected chi connectivity index (χ1v) is 3.61. The molecular weight excluding hydrogens is 202 g/mol. The first kappa shape index (κ1) is 3.25. The molecule has 0 N–H and O–H groups in total. The van der Waals surface area contributed by atoms with Crippen LogP contribution < -0.4 is 0 Å². The third-order valence-electron chi connectivity index (χ3n) is 0.626. The quantitative estimate of drug-likeness (QED) is 0.664. The van der Waals surface area contributed by atoms with Crippen molar-refractivity contribution in [1.29, 1.82) is 0 Å². The smallest absolute Gasteiger partial charge is 0.188 e. The maximum absolute atomic E-state index is 11.1. The van der Waals surface area contributed by atoms with Crippen molar-refractivity contribution in [2.45, 2.75) is 6.85 Å². The highest BCUT2D eigenvalue weighted by molar-refractivity contribution is 9.11. The molecule has 1 aromatic heterocycles. The second-order valence-corrected chi connectivity index (χ2v) is 3.55. The van der Waals surface area contributed by atoms with Gasteiger partial charge in [0.15, 0.2) is 10.8 Å². The molecule has 1 heterocycles. The molecule has 0 unspecified atom stereocenters.